The second kappa shape index (κ2) is 9.07. The van der Waals surface area contributed by atoms with Gasteiger partial charge in [-0.15, -0.1) is 0 Å². The van der Waals surface area contributed by atoms with Crippen molar-refractivity contribution in [3.05, 3.63) is 95.6 Å². The SMILES string of the molecule is CC1=NOC(c2ccc(-c3ccc(C4(C(=O)O)CC4)cc3)cc2)C1COC(C)c1ccccc1. The lowest BCUT2D eigenvalue weighted by Crippen LogP contribution is -2.22. The molecule has 34 heavy (non-hydrogen) atoms. The number of aliphatic carboxylic acids is 1. The summed E-state index contributed by atoms with van der Waals surface area (Å²) in [6.07, 6.45) is 1.25. The zero-order valence-corrected chi connectivity index (χ0v) is 19.5. The van der Waals surface area contributed by atoms with Gasteiger partial charge in [0.25, 0.3) is 0 Å². The molecule has 5 rings (SSSR count). The summed E-state index contributed by atoms with van der Waals surface area (Å²) in [5.41, 5.74) is 5.51. The lowest BCUT2D eigenvalue weighted by molar-refractivity contribution is -0.140. The maximum absolute atomic E-state index is 11.6. The van der Waals surface area contributed by atoms with E-state index in [1.807, 2.05) is 49.4 Å². The largest absolute Gasteiger partial charge is 0.481 e. The highest BCUT2D eigenvalue weighted by atomic mass is 16.6. The van der Waals surface area contributed by atoms with Crippen LogP contribution in [0.3, 0.4) is 0 Å². The van der Waals surface area contributed by atoms with Gasteiger partial charge in [-0.1, -0.05) is 84.0 Å². The maximum Gasteiger partial charge on any atom is 0.314 e. The van der Waals surface area contributed by atoms with E-state index < -0.39 is 11.4 Å². The van der Waals surface area contributed by atoms with Gasteiger partial charge in [-0.05, 0) is 54.5 Å². The Labute approximate surface area is 200 Å². The number of nitrogens with zero attached hydrogens (tertiary/aromatic N) is 1. The summed E-state index contributed by atoms with van der Waals surface area (Å²) >= 11 is 0. The molecule has 0 amide bonds. The molecular weight excluding hydrogens is 426 g/mol. The van der Waals surface area contributed by atoms with Crippen molar-refractivity contribution in [3.8, 4) is 11.1 Å². The minimum absolute atomic E-state index is 0.00324. The van der Waals surface area contributed by atoms with Crippen molar-refractivity contribution in [3.63, 3.8) is 0 Å². The molecule has 0 aromatic heterocycles. The van der Waals surface area contributed by atoms with Crippen LogP contribution in [0.2, 0.25) is 0 Å². The fourth-order valence-corrected chi connectivity index (χ4v) is 4.67. The van der Waals surface area contributed by atoms with E-state index >= 15 is 0 Å². The van der Waals surface area contributed by atoms with Crippen LogP contribution in [0.15, 0.2) is 84.0 Å². The molecule has 0 radical (unpaired) electrons. The number of carbonyl (C=O) groups is 1. The molecule has 1 aliphatic heterocycles. The summed E-state index contributed by atoms with van der Waals surface area (Å²) in [5, 5.41) is 13.8. The monoisotopic (exact) mass is 455 g/mol. The summed E-state index contributed by atoms with van der Waals surface area (Å²) < 4.78 is 6.19. The highest BCUT2D eigenvalue weighted by molar-refractivity contribution is 5.86. The molecule has 1 fully saturated rings. The highest BCUT2D eigenvalue weighted by Gasteiger charge is 2.51. The van der Waals surface area contributed by atoms with Gasteiger partial charge in [0.2, 0.25) is 0 Å². The molecule has 0 saturated heterocycles. The lowest BCUT2D eigenvalue weighted by Gasteiger charge is -2.21. The molecule has 5 nitrogen and oxygen atoms in total. The van der Waals surface area contributed by atoms with E-state index in [-0.39, 0.29) is 18.1 Å². The van der Waals surface area contributed by atoms with Crippen LogP contribution in [0.1, 0.15) is 55.6 Å². The van der Waals surface area contributed by atoms with Crippen LogP contribution in [0.25, 0.3) is 11.1 Å². The Hall–Kier alpha value is -3.44. The van der Waals surface area contributed by atoms with Gasteiger partial charge in [-0.2, -0.15) is 0 Å². The third-order valence-electron chi connectivity index (χ3n) is 7.18. The number of hydrogen-bond donors (Lipinski definition) is 1. The molecule has 0 bridgehead atoms. The number of ether oxygens (including phenoxy) is 1. The van der Waals surface area contributed by atoms with Crippen LogP contribution >= 0.6 is 0 Å². The van der Waals surface area contributed by atoms with Crippen molar-refractivity contribution in [2.75, 3.05) is 6.61 Å². The van der Waals surface area contributed by atoms with E-state index in [4.69, 9.17) is 9.57 Å². The van der Waals surface area contributed by atoms with Gasteiger partial charge in [-0.25, -0.2) is 0 Å². The normalized spacial score (nSPS) is 21.4. The van der Waals surface area contributed by atoms with Crippen LogP contribution in [-0.2, 0) is 19.8 Å². The van der Waals surface area contributed by atoms with Gasteiger partial charge in [0.15, 0.2) is 6.10 Å². The Kier molecular flexibility index (Phi) is 5.96. The molecule has 3 aromatic rings. The first-order chi connectivity index (χ1) is 16.5. The predicted octanol–water partition coefficient (Wildman–Crippen LogP) is 6.31. The summed E-state index contributed by atoms with van der Waals surface area (Å²) in [4.78, 5) is 17.4. The summed E-state index contributed by atoms with van der Waals surface area (Å²) in [5.74, 6) is -0.669. The van der Waals surface area contributed by atoms with Gasteiger partial charge in [0, 0.05) is 0 Å². The first-order valence-electron chi connectivity index (χ1n) is 11.8. The van der Waals surface area contributed by atoms with E-state index in [1.165, 1.54) is 0 Å². The second-order valence-electron chi connectivity index (χ2n) is 9.34. The van der Waals surface area contributed by atoms with Crippen LogP contribution in [0, 0.1) is 5.92 Å². The minimum atomic E-state index is -0.727. The number of carboxylic acid groups (broad SMARTS) is 1. The Bertz CT molecular complexity index is 1180. The first-order valence-corrected chi connectivity index (χ1v) is 11.8. The molecule has 3 aromatic carbocycles. The van der Waals surface area contributed by atoms with Crippen LogP contribution in [0.5, 0.6) is 0 Å². The number of hydrogen-bond acceptors (Lipinski definition) is 4. The van der Waals surface area contributed by atoms with Crippen molar-refractivity contribution >= 4 is 11.7 Å². The predicted molar refractivity (Wildman–Crippen MR) is 132 cm³/mol. The van der Waals surface area contributed by atoms with Gasteiger partial charge in [-0.3, -0.25) is 4.79 Å². The van der Waals surface area contributed by atoms with Crippen molar-refractivity contribution in [1.29, 1.82) is 0 Å². The smallest absolute Gasteiger partial charge is 0.314 e. The molecule has 5 heteroatoms. The fraction of sp³-hybridized carbons (Fsp3) is 0.310. The quantitative estimate of drug-likeness (QED) is 0.432. The number of carboxylic acids is 1. The molecule has 1 aliphatic carbocycles. The zero-order chi connectivity index (χ0) is 23.7. The van der Waals surface area contributed by atoms with Crippen LogP contribution in [0.4, 0.5) is 0 Å². The molecule has 174 valence electrons. The molecule has 3 unspecified atom stereocenters. The summed E-state index contributed by atoms with van der Waals surface area (Å²) in [7, 11) is 0. The molecular formula is C29H29NO4. The van der Waals surface area contributed by atoms with Crippen molar-refractivity contribution in [1.82, 2.24) is 0 Å². The summed E-state index contributed by atoms with van der Waals surface area (Å²) in [6, 6.07) is 26.4. The Morgan fingerprint density at radius 3 is 2.24 bits per heavy atom. The van der Waals surface area contributed by atoms with Gasteiger partial charge < -0.3 is 14.7 Å². The first kappa shape index (κ1) is 22.4. The number of oxime groups is 1. The van der Waals surface area contributed by atoms with Crippen LogP contribution in [-0.4, -0.2) is 23.4 Å². The maximum atomic E-state index is 11.6. The third kappa shape index (κ3) is 4.24. The number of rotatable bonds is 8. The van der Waals surface area contributed by atoms with Crippen LogP contribution < -0.4 is 0 Å². The Morgan fingerprint density at radius 1 is 1.03 bits per heavy atom. The molecule has 3 atom stereocenters. The van der Waals surface area contributed by atoms with E-state index in [9.17, 15) is 9.90 Å². The Balaban J connectivity index is 1.26. The average molecular weight is 456 g/mol. The topological polar surface area (TPSA) is 68.1 Å². The van der Waals surface area contributed by atoms with E-state index in [0.717, 1.165) is 33.5 Å². The molecule has 1 saturated carbocycles. The van der Waals surface area contributed by atoms with E-state index in [0.29, 0.717) is 19.4 Å². The molecule has 0 spiro atoms. The lowest BCUT2D eigenvalue weighted by atomic mass is 9.91. The highest BCUT2D eigenvalue weighted by Crippen LogP contribution is 2.48. The fourth-order valence-electron chi connectivity index (χ4n) is 4.67. The number of benzene rings is 3. The summed E-state index contributed by atoms with van der Waals surface area (Å²) in [6.45, 7) is 4.58. The average Bonchev–Trinajstić information content (AvgIpc) is 3.61. The van der Waals surface area contributed by atoms with Crippen molar-refractivity contribution < 1.29 is 19.5 Å². The van der Waals surface area contributed by atoms with E-state index in [2.05, 4.69) is 48.5 Å². The minimum Gasteiger partial charge on any atom is -0.481 e. The van der Waals surface area contributed by atoms with Crippen molar-refractivity contribution in [2.45, 2.75) is 44.3 Å². The van der Waals surface area contributed by atoms with Gasteiger partial charge in [0.05, 0.1) is 29.8 Å². The van der Waals surface area contributed by atoms with Gasteiger partial charge >= 0.3 is 5.97 Å². The van der Waals surface area contributed by atoms with Gasteiger partial charge in [0.1, 0.15) is 0 Å². The van der Waals surface area contributed by atoms with Crippen molar-refractivity contribution in [2.24, 2.45) is 11.1 Å². The molecule has 2 aliphatic rings. The third-order valence-corrected chi connectivity index (χ3v) is 7.18. The van der Waals surface area contributed by atoms with E-state index in [1.54, 1.807) is 0 Å². The molecule has 1 heterocycles. The molecule has 1 N–H and O–H groups in total. The zero-order valence-electron chi connectivity index (χ0n) is 19.5. The second-order valence-corrected chi connectivity index (χ2v) is 9.34. The Morgan fingerprint density at radius 2 is 1.65 bits per heavy atom. The standard InChI is InChI=1S/C29H29NO4/c1-19-26(18-33-20(2)21-6-4-3-5-7-21)27(34-30-19)24-10-8-22(9-11-24)23-12-14-25(15-13-23)29(16-17-29)28(31)32/h3-15,20,26-27H,16-18H2,1-2H3,(H,31,32).